The molecule has 224 valence electrons. The summed E-state index contributed by atoms with van der Waals surface area (Å²) in [5.41, 5.74) is 2.13. The lowest BCUT2D eigenvalue weighted by Crippen LogP contribution is -2.49. The third kappa shape index (κ3) is 9.37. The molecule has 1 heterocycles. The second-order valence-corrected chi connectivity index (χ2v) is 12.6. The van der Waals surface area contributed by atoms with Gasteiger partial charge in [0.1, 0.15) is 6.04 Å². The summed E-state index contributed by atoms with van der Waals surface area (Å²) in [4.78, 5) is 31.6. The normalized spacial score (nSPS) is 14.8. The van der Waals surface area contributed by atoms with E-state index < -0.39 is 28.5 Å². The van der Waals surface area contributed by atoms with Crippen LogP contribution < -0.4 is 5.32 Å². The van der Waals surface area contributed by atoms with Gasteiger partial charge in [-0.3, -0.25) is 14.5 Å². The first-order chi connectivity index (χ1) is 20.2. The quantitative estimate of drug-likeness (QED) is 0.318. The van der Waals surface area contributed by atoms with Crippen molar-refractivity contribution in [2.24, 2.45) is 0 Å². The van der Waals surface area contributed by atoms with Crippen LogP contribution in [0.1, 0.15) is 22.7 Å². The van der Waals surface area contributed by atoms with E-state index in [1.54, 1.807) is 36.4 Å². The van der Waals surface area contributed by atoms with Gasteiger partial charge in [0.15, 0.2) is 0 Å². The van der Waals surface area contributed by atoms with Crippen molar-refractivity contribution in [2.75, 3.05) is 52.2 Å². The fourth-order valence-corrected chi connectivity index (χ4v) is 5.65. The molecule has 1 saturated heterocycles. The highest BCUT2D eigenvalue weighted by Gasteiger charge is 2.33. The average Bonchev–Trinajstić information content (AvgIpc) is 2.98. The molecule has 3 aromatic carbocycles. The van der Waals surface area contributed by atoms with Gasteiger partial charge in [-0.2, -0.15) is 4.31 Å². The average molecular weight is 613 g/mol. The number of carbonyl (C=O) groups is 2. The predicted molar refractivity (Wildman–Crippen MR) is 163 cm³/mol. The summed E-state index contributed by atoms with van der Waals surface area (Å²) in [6.45, 7) is 3.63. The second-order valence-electron chi connectivity index (χ2n) is 10.2. The summed E-state index contributed by atoms with van der Waals surface area (Å²) >= 11 is 6.11. The third-order valence-corrected chi connectivity index (χ3v) is 8.52. The van der Waals surface area contributed by atoms with Gasteiger partial charge in [0, 0.05) is 44.3 Å². The highest BCUT2D eigenvalue weighted by Crippen LogP contribution is 2.25. The zero-order valence-corrected chi connectivity index (χ0v) is 25.3. The molecule has 4 rings (SSSR count). The molecule has 2 amide bonds. The van der Waals surface area contributed by atoms with Crippen molar-refractivity contribution in [1.29, 1.82) is 0 Å². The van der Waals surface area contributed by atoms with Crippen LogP contribution in [0.4, 0.5) is 0 Å². The Kier molecular flexibility index (Phi) is 11.5. The van der Waals surface area contributed by atoms with Crippen molar-refractivity contribution in [3.05, 3.63) is 107 Å². The molecule has 0 spiro atoms. The summed E-state index contributed by atoms with van der Waals surface area (Å²) in [6, 6.07) is 24.2. The van der Waals surface area contributed by atoms with Crippen LogP contribution in [0.15, 0.2) is 84.9 Å². The lowest BCUT2D eigenvalue weighted by molar-refractivity contribution is -0.141. The first kappa shape index (κ1) is 31.7. The molecule has 3 aromatic rings. The lowest BCUT2D eigenvalue weighted by atomic mass is 10.0. The van der Waals surface area contributed by atoms with Crippen LogP contribution in [0.3, 0.4) is 0 Å². The molecule has 1 atom stereocenters. The van der Waals surface area contributed by atoms with E-state index in [-0.39, 0.29) is 19.0 Å². The van der Waals surface area contributed by atoms with Crippen molar-refractivity contribution >= 4 is 33.4 Å². The number of rotatable bonds is 13. The summed E-state index contributed by atoms with van der Waals surface area (Å²) in [5, 5.41) is 3.56. The van der Waals surface area contributed by atoms with Crippen molar-refractivity contribution < 1.29 is 22.7 Å². The van der Waals surface area contributed by atoms with Gasteiger partial charge in [-0.15, -0.1) is 0 Å². The molecule has 1 aliphatic heterocycles. The van der Waals surface area contributed by atoms with Crippen molar-refractivity contribution in [3.63, 3.8) is 0 Å². The Hall–Kier alpha value is -3.28. The molecule has 9 nitrogen and oxygen atoms in total. The van der Waals surface area contributed by atoms with E-state index in [2.05, 4.69) is 10.2 Å². The zero-order valence-electron chi connectivity index (χ0n) is 23.7. The number of amides is 2. The molecule has 0 unspecified atom stereocenters. The monoisotopic (exact) mass is 612 g/mol. The van der Waals surface area contributed by atoms with E-state index in [0.29, 0.717) is 36.9 Å². The van der Waals surface area contributed by atoms with Gasteiger partial charge in [0.25, 0.3) is 0 Å². The molecule has 0 bridgehead atoms. The van der Waals surface area contributed by atoms with Crippen molar-refractivity contribution in [1.82, 2.24) is 19.4 Å². The maximum Gasteiger partial charge on any atom is 0.247 e. The number of carbonyl (C=O) groups excluding carboxylic acids is 2. The third-order valence-electron chi connectivity index (χ3n) is 7.08. The van der Waals surface area contributed by atoms with Crippen LogP contribution in [0.5, 0.6) is 0 Å². The fourth-order valence-electron chi connectivity index (χ4n) is 4.80. The van der Waals surface area contributed by atoms with Gasteiger partial charge < -0.3 is 15.0 Å². The van der Waals surface area contributed by atoms with E-state index in [4.69, 9.17) is 16.3 Å². The van der Waals surface area contributed by atoms with Gasteiger partial charge in [-0.25, -0.2) is 8.42 Å². The molecule has 11 heteroatoms. The Morgan fingerprint density at radius 3 is 2.12 bits per heavy atom. The summed E-state index contributed by atoms with van der Waals surface area (Å²) in [5.74, 6) is -0.839. The molecule has 42 heavy (non-hydrogen) atoms. The number of ether oxygens (including phenoxy) is 1. The Morgan fingerprint density at radius 1 is 0.905 bits per heavy atom. The number of hydrogen-bond donors (Lipinski definition) is 1. The Balaban J connectivity index is 1.63. The predicted octanol–water partition coefficient (Wildman–Crippen LogP) is 3.32. The Morgan fingerprint density at radius 2 is 1.50 bits per heavy atom. The fraction of sp³-hybridized carbons (Fsp3) is 0.355. The molecule has 0 saturated carbocycles. The maximum atomic E-state index is 14.1. The highest BCUT2D eigenvalue weighted by molar-refractivity contribution is 7.88. The van der Waals surface area contributed by atoms with Gasteiger partial charge in [0.2, 0.25) is 21.8 Å². The number of hydrogen-bond acceptors (Lipinski definition) is 6. The van der Waals surface area contributed by atoms with Gasteiger partial charge in [-0.05, 0) is 28.8 Å². The zero-order chi connectivity index (χ0) is 30.0. The minimum Gasteiger partial charge on any atom is -0.379 e. The van der Waals surface area contributed by atoms with Crippen molar-refractivity contribution in [3.8, 4) is 0 Å². The van der Waals surface area contributed by atoms with Gasteiger partial charge >= 0.3 is 0 Å². The maximum absolute atomic E-state index is 14.1. The first-order valence-corrected chi connectivity index (χ1v) is 16.1. The van der Waals surface area contributed by atoms with E-state index in [1.165, 1.54) is 4.90 Å². The molecule has 1 aliphatic rings. The molecule has 0 aromatic heterocycles. The second kappa shape index (κ2) is 15.3. The Bertz CT molecular complexity index is 1400. The molecule has 0 radical (unpaired) electrons. The van der Waals surface area contributed by atoms with Crippen LogP contribution in [0.2, 0.25) is 5.02 Å². The summed E-state index contributed by atoms with van der Waals surface area (Å²) < 4.78 is 32.2. The van der Waals surface area contributed by atoms with Gasteiger partial charge in [-0.1, -0.05) is 84.4 Å². The minimum absolute atomic E-state index is 0.0297. The number of benzene rings is 3. The minimum atomic E-state index is -3.76. The SMILES string of the molecule is CS(=O)(=O)N(CC(=O)N(Cc1ccc(Cl)cc1)[C@@H](C(=O)NCCN1CCOCC1)c1ccccc1)Cc1ccccc1. The van der Waals surface area contributed by atoms with Crippen LogP contribution in [0.25, 0.3) is 0 Å². The molecular weight excluding hydrogens is 576 g/mol. The highest BCUT2D eigenvalue weighted by atomic mass is 35.5. The van der Waals surface area contributed by atoms with Crippen LogP contribution in [-0.2, 0) is 37.4 Å². The van der Waals surface area contributed by atoms with E-state index in [9.17, 15) is 18.0 Å². The molecule has 0 aliphatic carbocycles. The standard InChI is InChI=1S/C31H37ClN4O5S/c1-42(39,40)35(22-25-8-4-2-5-9-25)24-29(37)36(23-26-12-14-28(32)15-13-26)30(27-10-6-3-7-11-27)31(38)33-16-17-34-18-20-41-21-19-34/h2-15,30H,16-24H2,1H3,(H,33,38)/t30-/m1/s1. The van der Waals surface area contributed by atoms with E-state index in [1.807, 2.05) is 48.5 Å². The molecular formula is C31H37ClN4O5S. The molecule has 1 fully saturated rings. The van der Waals surface area contributed by atoms with Crippen LogP contribution >= 0.6 is 11.6 Å². The smallest absolute Gasteiger partial charge is 0.247 e. The summed E-state index contributed by atoms with van der Waals surface area (Å²) in [6.07, 6.45) is 1.08. The lowest BCUT2D eigenvalue weighted by Gasteiger charge is -2.33. The Labute approximate surface area is 253 Å². The summed E-state index contributed by atoms with van der Waals surface area (Å²) in [7, 11) is -3.76. The number of sulfonamides is 1. The van der Waals surface area contributed by atoms with Crippen LogP contribution in [0, 0.1) is 0 Å². The number of nitrogens with zero attached hydrogens (tertiary/aromatic N) is 3. The number of morpholine rings is 1. The molecule has 1 N–H and O–H groups in total. The van der Waals surface area contributed by atoms with E-state index in [0.717, 1.165) is 34.8 Å². The van der Waals surface area contributed by atoms with Crippen LogP contribution in [-0.4, -0.2) is 86.5 Å². The van der Waals surface area contributed by atoms with Crippen molar-refractivity contribution in [2.45, 2.75) is 19.1 Å². The largest absolute Gasteiger partial charge is 0.379 e. The first-order valence-electron chi connectivity index (χ1n) is 13.9. The number of halogens is 1. The van der Waals surface area contributed by atoms with E-state index >= 15 is 0 Å². The topological polar surface area (TPSA) is 99.3 Å². The van der Waals surface area contributed by atoms with Gasteiger partial charge in [0.05, 0.1) is 26.0 Å². The number of nitrogens with one attached hydrogen (secondary N) is 1.